The normalized spacial score (nSPS) is 11.6. The van der Waals surface area contributed by atoms with Crippen LogP contribution in [0.2, 0.25) is 5.02 Å². The molecular formula is C23H29ClN2O3. The van der Waals surface area contributed by atoms with Crippen LogP contribution in [0.15, 0.2) is 48.5 Å². The first-order valence-electron chi connectivity index (χ1n) is 9.96. The summed E-state index contributed by atoms with van der Waals surface area (Å²) in [6.45, 7) is 6.70. The topological polar surface area (TPSA) is 58.6 Å². The van der Waals surface area contributed by atoms with Gasteiger partial charge in [-0.2, -0.15) is 0 Å². The standard InChI is InChI=1S/C23H29ClN2O3/c1-4-14-25-23(28)21(5-2)26(15-18-9-7-6-8-17(18)3)22(27)16-29-20-12-10-19(24)11-13-20/h6-13,21H,4-5,14-16H2,1-3H3,(H,25,28)/t21-/m0/s1. The second kappa shape index (κ2) is 11.5. The van der Waals surface area contributed by atoms with Gasteiger partial charge in [0.15, 0.2) is 6.61 Å². The number of benzene rings is 2. The number of rotatable bonds is 10. The van der Waals surface area contributed by atoms with E-state index in [4.69, 9.17) is 16.3 Å². The number of carbonyl (C=O) groups excluding carboxylic acids is 2. The molecule has 6 heteroatoms. The van der Waals surface area contributed by atoms with E-state index in [1.54, 1.807) is 29.2 Å². The summed E-state index contributed by atoms with van der Waals surface area (Å²) >= 11 is 5.89. The van der Waals surface area contributed by atoms with Gasteiger partial charge < -0.3 is 15.0 Å². The van der Waals surface area contributed by atoms with E-state index in [9.17, 15) is 9.59 Å². The highest BCUT2D eigenvalue weighted by molar-refractivity contribution is 6.30. The van der Waals surface area contributed by atoms with Crippen LogP contribution in [-0.4, -0.2) is 35.9 Å². The monoisotopic (exact) mass is 416 g/mol. The number of carbonyl (C=O) groups is 2. The van der Waals surface area contributed by atoms with E-state index in [0.717, 1.165) is 17.5 Å². The van der Waals surface area contributed by atoms with E-state index in [0.29, 0.717) is 30.3 Å². The van der Waals surface area contributed by atoms with Crippen molar-refractivity contribution in [2.45, 2.75) is 46.2 Å². The van der Waals surface area contributed by atoms with Crippen molar-refractivity contribution < 1.29 is 14.3 Å². The fourth-order valence-electron chi connectivity index (χ4n) is 3.02. The molecule has 0 radical (unpaired) electrons. The Morgan fingerprint density at radius 3 is 2.41 bits per heavy atom. The van der Waals surface area contributed by atoms with Gasteiger partial charge in [0.1, 0.15) is 11.8 Å². The Bertz CT molecular complexity index is 808. The van der Waals surface area contributed by atoms with Gasteiger partial charge in [-0.05, 0) is 55.2 Å². The predicted molar refractivity (Wildman–Crippen MR) is 116 cm³/mol. The molecule has 0 aromatic heterocycles. The molecule has 0 heterocycles. The van der Waals surface area contributed by atoms with Crippen LogP contribution in [0.4, 0.5) is 0 Å². The number of nitrogens with one attached hydrogen (secondary N) is 1. The van der Waals surface area contributed by atoms with E-state index in [-0.39, 0.29) is 18.4 Å². The van der Waals surface area contributed by atoms with Crippen molar-refractivity contribution in [3.05, 3.63) is 64.7 Å². The van der Waals surface area contributed by atoms with Gasteiger partial charge in [-0.25, -0.2) is 0 Å². The Morgan fingerprint density at radius 2 is 1.79 bits per heavy atom. The fourth-order valence-corrected chi connectivity index (χ4v) is 3.14. The van der Waals surface area contributed by atoms with Gasteiger partial charge in [0, 0.05) is 18.1 Å². The summed E-state index contributed by atoms with van der Waals surface area (Å²) in [4.78, 5) is 27.4. The van der Waals surface area contributed by atoms with Crippen LogP contribution >= 0.6 is 11.6 Å². The van der Waals surface area contributed by atoms with Crippen LogP contribution in [0.5, 0.6) is 5.75 Å². The Morgan fingerprint density at radius 1 is 1.10 bits per heavy atom. The first kappa shape index (κ1) is 22.8. The van der Waals surface area contributed by atoms with Crippen LogP contribution in [0.1, 0.15) is 37.8 Å². The molecule has 0 fully saturated rings. The third-order valence-corrected chi connectivity index (χ3v) is 4.97. The lowest BCUT2D eigenvalue weighted by molar-refractivity contribution is -0.143. The predicted octanol–water partition coefficient (Wildman–Crippen LogP) is 4.36. The zero-order valence-corrected chi connectivity index (χ0v) is 18.0. The number of ether oxygens (including phenoxy) is 1. The van der Waals surface area contributed by atoms with Gasteiger partial charge in [-0.1, -0.05) is 49.7 Å². The maximum absolute atomic E-state index is 13.1. The van der Waals surface area contributed by atoms with Crippen molar-refractivity contribution in [1.29, 1.82) is 0 Å². The average molecular weight is 417 g/mol. The Labute approximate surface area is 178 Å². The Kier molecular flexibility index (Phi) is 9.00. The second-order valence-corrected chi connectivity index (χ2v) is 7.34. The number of halogens is 1. The van der Waals surface area contributed by atoms with E-state index < -0.39 is 6.04 Å². The SMILES string of the molecule is CCCNC(=O)[C@H](CC)N(Cc1ccccc1C)C(=O)COc1ccc(Cl)cc1. The zero-order chi connectivity index (χ0) is 21.2. The molecule has 0 unspecified atom stereocenters. The number of nitrogens with zero attached hydrogens (tertiary/aromatic N) is 1. The van der Waals surface area contributed by atoms with Crippen molar-refractivity contribution in [3.63, 3.8) is 0 Å². The smallest absolute Gasteiger partial charge is 0.261 e. The molecule has 2 rings (SSSR count). The first-order chi connectivity index (χ1) is 14.0. The molecule has 1 N–H and O–H groups in total. The molecule has 5 nitrogen and oxygen atoms in total. The van der Waals surface area contributed by atoms with Crippen LogP contribution in [0.3, 0.4) is 0 Å². The molecule has 2 aromatic carbocycles. The minimum atomic E-state index is -0.553. The lowest BCUT2D eigenvalue weighted by atomic mass is 10.1. The molecule has 0 saturated heterocycles. The Hall–Kier alpha value is -2.53. The number of hydrogen-bond acceptors (Lipinski definition) is 3. The first-order valence-corrected chi connectivity index (χ1v) is 10.3. The summed E-state index contributed by atoms with van der Waals surface area (Å²) in [6.07, 6.45) is 1.36. The molecule has 2 aromatic rings. The summed E-state index contributed by atoms with van der Waals surface area (Å²) in [5, 5.41) is 3.51. The van der Waals surface area contributed by atoms with Crippen molar-refractivity contribution in [1.82, 2.24) is 10.2 Å². The summed E-state index contributed by atoms with van der Waals surface area (Å²) in [6, 6.07) is 14.2. The highest BCUT2D eigenvalue weighted by Crippen LogP contribution is 2.18. The van der Waals surface area contributed by atoms with Crippen molar-refractivity contribution in [3.8, 4) is 5.75 Å². The minimum Gasteiger partial charge on any atom is -0.484 e. The van der Waals surface area contributed by atoms with Crippen molar-refractivity contribution in [2.75, 3.05) is 13.2 Å². The van der Waals surface area contributed by atoms with Gasteiger partial charge in [-0.15, -0.1) is 0 Å². The van der Waals surface area contributed by atoms with Gasteiger partial charge in [0.05, 0.1) is 0 Å². The molecule has 0 bridgehead atoms. The van der Waals surface area contributed by atoms with Crippen molar-refractivity contribution in [2.24, 2.45) is 0 Å². The van der Waals surface area contributed by atoms with Gasteiger partial charge in [-0.3, -0.25) is 9.59 Å². The average Bonchev–Trinajstić information content (AvgIpc) is 2.72. The third-order valence-electron chi connectivity index (χ3n) is 4.71. The molecule has 2 amide bonds. The third kappa shape index (κ3) is 6.79. The summed E-state index contributed by atoms with van der Waals surface area (Å²) in [7, 11) is 0. The minimum absolute atomic E-state index is 0.136. The molecule has 0 saturated carbocycles. The Balaban J connectivity index is 2.19. The fraction of sp³-hybridized carbons (Fsp3) is 0.391. The van der Waals surface area contributed by atoms with E-state index >= 15 is 0 Å². The molecule has 0 aliphatic rings. The highest BCUT2D eigenvalue weighted by Gasteiger charge is 2.29. The van der Waals surface area contributed by atoms with Gasteiger partial charge in [0.25, 0.3) is 5.91 Å². The van der Waals surface area contributed by atoms with Crippen molar-refractivity contribution >= 4 is 23.4 Å². The molecule has 156 valence electrons. The maximum Gasteiger partial charge on any atom is 0.261 e. The number of hydrogen-bond donors (Lipinski definition) is 1. The van der Waals surface area contributed by atoms with E-state index in [1.165, 1.54) is 0 Å². The van der Waals surface area contributed by atoms with Crippen LogP contribution < -0.4 is 10.1 Å². The maximum atomic E-state index is 13.1. The number of amides is 2. The number of aryl methyl sites for hydroxylation is 1. The lowest BCUT2D eigenvalue weighted by Crippen LogP contribution is -2.50. The molecule has 1 atom stereocenters. The highest BCUT2D eigenvalue weighted by atomic mass is 35.5. The molecule has 0 aliphatic heterocycles. The molecule has 0 spiro atoms. The second-order valence-electron chi connectivity index (χ2n) is 6.91. The van der Waals surface area contributed by atoms with Crippen LogP contribution in [-0.2, 0) is 16.1 Å². The molecule has 0 aliphatic carbocycles. The lowest BCUT2D eigenvalue weighted by Gasteiger charge is -2.31. The van der Waals surface area contributed by atoms with Gasteiger partial charge in [0.2, 0.25) is 5.91 Å². The van der Waals surface area contributed by atoms with Crippen LogP contribution in [0.25, 0.3) is 0 Å². The largest absolute Gasteiger partial charge is 0.484 e. The zero-order valence-electron chi connectivity index (χ0n) is 17.3. The van der Waals surface area contributed by atoms with E-state index in [1.807, 2.05) is 45.0 Å². The van der Waals surface area contributed by atoms with Gasteiger partial charge >= 0.3 is 0 Å². The summed E-state index contributed by atoms with van der Waals surface area (Å²) in [5.41, 5.74) is 2.09. The van der Waals surface area contributed by atoms with E-state index in [2.05, 4.69) is 5.32 Å². The van der Waals surface area contributed by atoms with Crippen LogP contribution in [0, 0.1) is 6.92 Å². The summed E-state index contributed by atoms with van der Waals surface area (Å²) < 4.78 is 5.65. The summed E-state index contributed by atoms with van der Waals surface area (Å²) in [5.74, 6) is 0.187. The quantitative estimate of drug-likeness (QED) is 0.626. The molecular weight excluding hydrogens is 388 g/mol. The molecule has 29 heavy (non-hydrogen) atoms.